The van der Waals surface area contributed by atoms with Gasteiger partial charge in [-0.3, -0.25) is 10.1 Å². The van der Waals surface area contributed by atoms with Crippen LogP contribution < -0.4 is 0 Å². The van der Waals surface area contributed by atoms with Gasteiger partial charge in [-0.15, -0.1) is 0 Å². The fourth-order valence-corrected chi connectivity index (χ4v) is 2.05. The predicted molar refractivity (Wildman–Crippen MR) is 72.3 cm³/mol. The molecule has 0 aliphatic carbocycles. The quantitative estimate of drug-likeness (QED) is 0.636. The molecule has 0 saturated heterocycles. The van der Waals surface area contributed by atoms with Crippen LogP contribution in [0.3, 0.4) is 0 Å². The van der Waals surface area contributed by atoms with Gasteiger partial charge in [-0.25, -0.2) is 9.97 Å². The number of aryl methyl sites for hydroxylation is 1. The Morgan fingerprint density at radius 2 is 1.95 bits per heavy atom. The van der Waals surface area contributed by atoms with Crippen molar-refractivity contribution in [3.05, 3.63) is 38.4 Å². The summed E-state index contributed by atoms with van der Waals surface area (Å²) in [5.74, 6) is 0.336. The van der Waals surface area contributed by atoms with Crippen LogP contribution in [0.2, 0.25) is 0 Å². The zero-order valence-corrected chi connectivity index (χ0v) is 12.1. The van der Waals surface area contributed by atoms with Gasteiger partial charge in [0.2, 0.25) is 0 Å². The maximum Gasteiger partial charge on any atom is 0.313 e. The van der Waals surface area contributed by atoms with Gasteiger partial charge in [0, 0.05) is 12.4 Å². The van der Waals surface area contributed by atoms with E-state index < -0.39 is 0 Å². The normalized spacial score (nSPS) is 10.7. The Hall–Kier alpha value is -1.83. The lowest BCUT2D eigenvalue weighted by Gasteiger charge is -2.02. The number of aromatic nitrogens is 4. The third-order valence-corrected chi connectivity index (χ3v) is 3.08. The van der Waals surface area contributed by atoms with E-state index in [1.54, 1.807) is 12.4 Å². The molecule has 7 nitrogen and oxygen atoms in total. The topological polar surface area (TPSA) is 86.7 Å². The van der Waals surface area contributed by atoms with Crippen molar-refractivity contribution in [2.24, 2.45) is 0 Å². The summed E-state index contributed by atoms with van der Waals surface area (Å²) in [5, 5.41) is 15.4. The molecule has 0 saturated carbocycles. The first-order chi connectivity index (χ1) is 9.08. The fraction of sp³-hybridized carbons (Fsp3) is 0.364. The highest BCUT2D eigenvalue weighted by Crippen LogP contribution is 2.26. The van der Waals surface area contributed by atoms with Crippen molar-refractivity contribution < 1.29 is 4.92 Å². The van der Waals surface area contributed by atoms with Crippen molar-refractivity contribution in [2.45, 2.75) is 26.7 Å². The van der Waals surface area contributed by atoms with Gasteiger partial charge in [-0.05, 0) is 28.8 Å². The number of nitrogens with zero attached hydrogens (tertiary/aromatic N) is 5. The van der Waals surface area contributed by atoms with Crippen LogP contribution in [0, 0.1) is 10.1 Å². The van der Waals surface area contributed by atoms with E-state index in [1.165, 1.54) is 4.68 Å². The van der Waals surface area contributed by atoms with Gasteiger partial charge in [-0.2, -0.15) is 9.78 Å². The Bertz CT molecular complexity index is 608. The summed E-state index contributed by atoms with van der Waals surface area (Å²) < 4.78 is 2.19. The van der Waals surface area contributed by atoms with Crippen LogP contribution in [0.1, 0.15) is 25.2 Å². The molecule has 2 aromatic heterocycles. The molecular weight excluding hydrogens is 314 g/mol. The van der Waals surface area contributed by atoms with E-state index in [9.17, 15) is 10.1 Å². The van der Waals surface area contributed by atoms with Gasteiger partial charge in [0.15, 0.2) is 0 Å². The highest BCUT2D eigenvalue weighted by molar-refractivity contribution is 9.10. The summed E-state index contributed by atoms with van der Waals surface area (Å²) in [4.78, 5) is 19.0. The van der Waals surface area contributed by atoms with Gasteiger partial charge >= 0.3 is 5.69 Å². The molecule has 2 aromatic rings. The van der Waals surface area contributed by atoms with Crippen LogP contribution in [-0.2, 0) is 12.8 Å². The van der Waals surface area contributed by atoms with Crippen molar-refractivity contribution >= 4 is 21.6 Å². The van der Waals surface area contributed by atoms with E-state index in [4.69, 9.17) is 0 Å². The summed E-state index contributed by atoms with van der Waals surface area (Å²) >= 11 is 3.25. The lowest BCUT2D eigenvalue weighted by atomic mass is 10.2. The third-order valence-electron chi connectivity index (χ3n) is 2.67. The lowest BCUT2D eigenvalue weighted by Crippen LogP contribution is -2.06. The van der Waals surface area contributed by atoms with Crippen molar-refractivity contribution in [2.75, 3.05) is 0 Å². The van der Waals surface area contributed by atoms with E-state index >= 15 is 0 Å². The molecular formula is C11H12BrN5O2. The van der Waals surface area contributed by atoms with Crippen LogP contribution >= 0.6 is 15.9 Å². The van der Waals surface area contributed by atoms with Crippen LogP contribution in [0.4, 0.5) is 5.69 Å². The predicted octanol–water partition coefficient (Wildman–Crippen LogP) is 2.46. The van der Waals surface area contributed by atoms with Crippen LogP contribution in [0.15, 0.2) is 16.9 Å². The molecule has 8 heteroatoms. The second kappa shape index (κ2) is 5.43. The van der Waals surface area contributed by atoms with Crippen LogP contribution in [-0.4, -0.2) is 24.7 Å². The molecule has 0 aromatic carbocycles. The number of hydrogen-bond acceptors (Lipinski definition) is 5. The average Bonchev–Trinajstić information content (AvgIpc) is 2.78. The van der Waals surface area contributed by atoms with Gasteiger partial charge in [0.05, 0.1) is 9.40 Å². The Kier molecular flexibility index (Phi) is 3.89. The van der Waals surface area contributed by atoms with Crippen molar-refractivity contribution in [3.63, 3.8) is 0 Å². The van der Waals surface area contributed by atoms with Crippen molar-refractivity contribution in [1.29, 1.82) is 0 Å². The third kappa shape index (κ3) is 2.48. The Balaban J connectivity index is 2.63. The molecule has 0 bridgehead atoms. The Morgan fingerprint density at radius 3 is 2.42 bits per heavy atom. The van der Waals surface area contributed by atoms with Gasteiger partial charge in [0.1, 0.15) is 11.4 Å². The van der Waals surface area contributed by atoms with Crippen LogP contribution in [0.25, 0.3) is 5.95 Å². The molecule has 2 heterocycles. The molecule has 2 rings (SSSR count). The standard InChI is InChI=1S/C11H12BrN5O2/c1-3-8-10(17(18)19)9(4-2)16(15-8)11-13-5-7(12)6-14-11/h5-6H,3-4H2,1-2H3. The summed E-state index contributed by atoms with van der Waals surface area (Å²) in [6.07, 6.45) is 4.15. The minimum absolute atomic E-state index is 0.0662. The molecule has 0 radical (unpaired) electrons. The monoisotopic (exact) mass is 325 g/mol. The minimum Gasteiger partial charge on any atom is -0.258 e. The lowest BCUT2D eigenvalue weighted by molar-refractivity contribution is -0.386. The van der Waals surface area contributed by atoms with Gasteiger partial charge in [0.25, 0.3) is 5.95 Å². The molecule has 0 unspecified atom stereocenters. The molecule has 100 valence electrons. The first-order valence-electron chi connectivity index (χ1n) is 5.81. The van der Waals surface area contributed by atoms with E-state index in [-0.39, 0.29) is 10.6 Å². The smallest absolute Gasteiger partial charge is 0.258 e. The van der Waals surface area contributed by atoms with E-state index in [1.807, 2.05) is 13.8 Å². The molecule has 0 aliphatic rings. The molecule has 0 fully saturated rings. The molecule has 0 N–H and O–H groups in total. The first-order valence-corrected chi connectivity index (χ1v) is 6.60. The average molecular weight is 326 g/mol. The summed E-state index contributed by atoms with van der Waals surface area (Å²) in [5.41, 5.74) is 1.04. The maximum atomic E-state index is 11.2. The molecule has 0 spiro atoms. The number of hydrogen-bond donors (Lipinski definition) is 0. The van der Waals surface area contributed by atoms with Crippen molar-refractivity contribution in [3.8, 4) is 5.95 Å². The number of rotatable bonds is 4. The summed E-state index contributed by atoms with van der Waals surface area (Å²) in [6.45, 7) is 3.68. The highest BCUT2D eigenvalue weighted by atomic mass is 79.9. The van der Waals surface area contributed by atoms with E-state index in [0.717, 1.165) is 4.47 Å². The summed E-state index contributed by atoms with van der Waals surface area (Å²) in [6, 6.07) is 0. The zero-order valence-electron chi connectivity index (χ0n) is 10.5. The first kappa shape index (κ1) is 13.6. The minimum atomic E-state index is -0.389. The number of nitro groups is 1. The Labute approximate surface area is 118 Å². The summed E-state index contributed by atoms with van der Waals surface area (Å²) in [7, 11) is 0. The molecule has 0 aliphatic heterocycles. The second-order valence-corrected chi connectivity index (χ2v) is 4.73. The SMILES string of the molecule is CCc1nn(-c2ncc(Br)cn2)c(CC)c1[N+](=O)[O-]. The zero-order chi connectivity index (χ0) is 14.0. The van der Waals surface area contributed by atoms with Crippen molar-refractivity contribution in [1.82, 2.24) is 19.7 Å². The van der Waals surface area contributed by atoms with Gasteiger partial charge in [-0.1, -0.05) is 13.8 Å². The Morgan fingerprint density at radius 1 is 1.32 bits per heavy atom. The van der Waals surface area contributed by atoms with Gasteiger partial charge < -0.3 is 0 Å². The largest absolute Gasteiger partial charge is 0.313 e. The maximum absolute atomic E-state index is 11.2. The molecule has 0 amide bonds. The molecule has 19 heavy (non-hydrogen) atoms. The highest BCUT2D eigenvalue weighted by Gasteiger charge is 2.26. The molecule has 0 atom stereocenters. The van der Waals surface area contributed by atoms with Crippen LogP contribution in [0.5, 0.6) is 0 Å². The number of halogens is 1. The van der Waals surface area contributed by atoms with E-state index in [2.05, 4.69) is 31.0 Å². The fourth-order valence-electron chi connectivity index (χ4n) is 1.84. The van der Waals surface area contributed by atoms with E-state index in [0.29, 0.717) is 30.2 Å². The second-order valence-electron chi connectivity index (χ2n) is 3.82.